The molecule has 0 aromatic carbocycles. The van der Waals surface area contributed by atoms with E-state index in [9.17, 15) is 4.79 Å². The molecule has 1 aromatic heterocycles. The van der Waals surface area contributed by atoms with E-state index in [1.54, 1.807) is 19.2 Å². The van der Waals surface area contributed by atoms with E-state index in [4.69, 9.17) is 5.73 Å². The van der Waals surface area contributed by atoms with E-state index >= 15 is 0 Å². The zero-order valence-corrected chi connectivity index (χ0v) is 9.23. The Balaban J connectivity index is 2.10. The fourth-order valence-corrected chi connectivity index (χ4v) is 1.78. The lowest BCUT2D eigenvalue weighted by molar-refractivity contribution is 0.0938. The number of aryl methyl sites for hydroxylation is 1. The molecule has 0 atom stereocenters. The Kier molecular flexibility index (Phi) is 2.90. The average Bonchev–Trinajstić information content (AvgIpc) is 2.74. The Morgan fingerprint density at radius 2 is 2.19 bits per heavy atom. The molecule has 4 nitrogen and oxygen atoms in total. The third kappa shape index (κ3) is 2.21. The van der Waals surface area contributed by atoms with Crippen LogP contribution in [0.15, 0.2) is 24.4 Å². The number of pyridine rings is 1. The molecule has 1 aromatic rings. The molecule has 84 valence electrons. The molecule has 0 bridgehead atoms. The predicted molar refractivity (Wildman–Crippen MR) is 63.0 cm³/mol. The van der Waals surface area contributed by atoms with Crippen LogP contribution in [-0.4, -0.2) is 16.9 Å². The molecule has 4 heteroatoms. The second-order valence-electron chi connectivity index (χ2n) is 4.01. The van der Waals surface area contributed by atoms with Gasteiger partial charge in [-0.05, 0) is 25.8 Å². The minimum absolute atomic E-state index is 0.0917. The van der Waals surface area contributed by atoms with Gasteiger partial charge in [-0.25, -0.2) is 0 Å². The van der Waals surface area contributed by atoms with Gasteiger partial charge in [0.25, 0.3) is 5.91 Å². The second kappa shape index (κ2) is 4.35. The SMILES string of the molecule is Cc1ncc(N)cc1C(=O)NC1CC=CC1. The molecular formula is C12H15N3O. The molecular weight excluding hydrogens is 202 g/mol. The fraction of sp³-hybridized carbons (Fsp3) is 0.333. The van der Waals surface area contributed by atoms with Crippen molar-refractivity contribution in [2.75, 3.05) is 5.73 Å². The number of carbonyl (C=O) groups is 1. The Labute approximate surface area is 94.6 Å². The number of rotatable bonds is 2. The van der Waals surface area contributed by atoms with Gasteiger partial charge in [-0.1, -0.05) is 12.2 Å². The lowest BCUT2D eigenvalue weighted by atomic mass is 10.1. The molecule has 0 saturated carbocycles. The monoisotopic (exact) mass is 217 g/mol. The van der Waals surface area contributed by atoms with Crippen molar-refractivity contribution in [3.05, 3.63) is 35.7 Å². The van der Waals surface area contributed by atoms with E-state index in [1.807, 2.05) is 0 Å². The maximum Gasteiger partial charge on any atom is 0.253 e. The highest BCUT2D eigenvalue weighted by Gasteiger charge is 2.16. The molecule has 1 heterocycles. The van der Waals surface area contributed by atoms with Crippen LogP contribution >= 0.6 is 0 Å². The van der Waals surface area contributed by atoms with Gasteiger partial charge in [0.05, 0.1) is 23.1 Å². The summed E-state index contributed by atoms with van der Waals surface area (Å²) in [7, 11) is 0. The highest BCUT2D eigenvalue weighted by Crippen LogP contribution is 2.13. The Bertz CT molecular complexity index is 432. The lowest BCUT2D eigenvalue weighted by Gasteiger charge is -2.13. The van der Waals surface area contributed by atoms with E-state index < -0.39 is 0 Å². The van der Waals surface area contributed by atoms with E-state index in [1.165, 1.54) is 0 Å². The van der Waals surface area contributed by atoms with Gasteiger partial charge in [-0.2, -0.15) is 0 Å². The summed E-state index contributed by atoms with van der Waals surface area (Å²) in [5, 5.41) is 2.97. The maximum absolute atomic E-state index is 11.9. The van der Waals surface area contributed by atoms with E-state index in [-0.39, 0.29) is 11.9 Å². The smallest absolute Gasteiger partial charge is 0.253 e. The van der Waals surface area contributed by atoms with Crippen molar-refractivity contribution in [3.8, 4) is 0 Å². The number of nitrogens with one attached hydrogen (secondary N) is 1. The molecule has 3 N–H and O–H groups in total. The summed E-state index contributed by atoms with van der Waals surface area (Å²) in [6.07, 6.45) is 7.52. The zero-order valence-electron chi connectivity index (χ0n) is 9.23. The van der Waals surface area contributed by atoms with Crippen LogP contribution in [0.3, 0.4) is 0 Å². The quantitative estimate of drug-likeness (QED) is 0.736. The molecule has 16 heavy (non-hydrogen) atoms. The maximum atomic E-state index is 11.9. The van der Waals surface area contributed by atoms with Crippen LogP contribution in [0.4, 0.5) is 5.69 Å². The summed E-state index contributed by atoms with van der Waals surface area (Å²) in [6.45, 7) is 1.81. The van der Waals surface area contributed by atoms with Gasteiger partial charge in [-0.3, -0.25) is 9.78 Å². The first-order valence-electron chi connectivity index (χ1n) is 5.35. The van der Waals surface area contributed by atoms with Crippen molar-refractivity contribution in [1.29, 1.82) is 0 Å². The van der Waals surface area contributed by atoms with Crippen molar-refractivity contribution in [3.63, 3.8) is 0 Å². The number of anilines is 1. The first-order valence-corrected chi connectivity index (χ1v) is 5.35. The van der Waals surface area contributed by atoms with E-state index in [0.29, 0.717) is 16.9 Å². The molecule has 0 unspecified atom stereocenters. The molecule has 0 fully saturated rings. The van der Waals surface area contributed by atoms with Gasteiger partial charge in [0.1, 0.15) is 0 Å². The number of hydrogen-bond acceptors (Lipinski definition) is 3. The number of amides is 1. The molecule has 0 spiro atoms. The van der Waals surface area contributed by atoms with Gasteiger partial charge in [0.2, 0.25) is 0 Å². The van der Waals surface area contributed by atoms with Crippen LogP contribution in [0.1, 0.15) is 28.9 Å². The molecule has 2 rings (SSSR count). The summed E-state index contributed by atoms with van der Waals surface area (Å²) in [4.78, 5) is 16.0. The Morgan fingerprint density at radius 1 is 1.50 bits per heavy atom. The summed E-state index contributed by atoms with van der Waals surface area (Å²) in [5.74, 6) is -0.0917. The van der Waals surface area contributed by atoms with Gasteiger partial charge in [0.15, 0.2) is 0 Å². The van der Waals surface area contributed by atoms with Crippen molar-refractivity contribution >= 4 is 11.6 Å². The first kappa shape index (κ1) is 10.7. The molecule has 0 aliphatic heterocycles. The zero-order chi connectivity index (χ0) is 11.5. The second-order valence-corrected chi connectivity index (χ2v) is 4.01. The molecule has 1 aliphatic carbocycles. The summed E-state index contributed by atoms with van der Waals surface area (Å²) >= 11 is 0. The third-order valence-electron chi connectivity index (χ3n) is 2.70. The lowest BCUT2D eigenvalue weighted by Crippen LogP contribution is -2.33. The standard InChI is InChI=1S/C12H15N3O/c1-8-11(6-9(13)7-14-8)12(16)15-10-4-2-3-5-10/h2-3,6-7,10H,4-5,13H2,1H3,(H,15,16). The minimum atomic E-state index is -0.0917. The summed E-state index contributed by atoms with van der Waals surface area (Å²) < 4.78 is 0. The van der Waals surface area contributed by atoms with Gasteiger partial charge in [-0.15, -0.1) is 0 Å². The van der Waals surface area contributed by atoms with Crippen molar-refractivity contribution < 1.29 is 4.79 Å². The topological polar surface area (TPSA) is 68.0 Å². The third-order valence-corrected chi connectivity index (χ3v) is 2.70. The number of hydrogen-bond donors (Lipinski definition) is 2. The number of nitrogens with zero attached hydrogens (tertiary/aromatic N) is 1. The van der Waals surface area contributed by atoms with Gasteiger partial charge >= 0.3 is 0 Å². The Morgan fingerprint density at radius 3 is 2.88 bits per heavy atom. The van der Waals surface area contributed by atoms with E-state index in [2.05, 4.69) is 22.5 Å². The summed E-state index contributed by atoms with van der Waals surface area (Å²) in [5.41, 5.74) is 7.40. The predicted octanol–water partition coefficient (Wildman–Crippen LogP) is 1.42. The molecule has 0 radical (unpaired) electrons. The van der Waals surface area contributed by atoms with Crippen LogP contribution in [0.2, 0.25) is 0 Å². The van der Waals surface area contributed by atoms with Gasteiger partial charge < -0.3 is 11.1 Å². The molecule has 1 amide bonds. The van der Waals surface area contributed by atoms with Crippen molar-refractivity contribution in [2.45, 2.75) is 25.8 Å². The minimum Gasteiger partial charge on any atom is -0.397 e. The fourth-order valence-electron chi connectivity index (χ4n) is 1.78. The molecule has 1 aliphatic rings. The normalized spacial score (nSPS) is 15.3. The van der Waals surface area contributed by atoms with E-state index in [0.717, 1.165) is 12.8 Å². The van der Waals surface area contributed by atoms with Crippen LogP contribution in [0, 0.1) is 6.92 Å². The average molecular weight is 217 g/mol. The van der Waals surface area contributed by atoms with Crippen molar-refractivity contribution in [2.24, 2.45) is 0 Å². The largest absolute Gasteiger partial charge is 0.397 e. The highest BCUT2D eigenvalue weighted by atomic mass is 16.1. The number of carbonyl (C=O) groups excluding carboxylic acids is 1. The van der Waals surface area contributed by atoms with Crippen LogP contribution in [-0.2, 0) is 0 Å². The van der Waals surface area contributed by atoms with Crippen molar-refractivity contribution in [1.82, 2.24) is 10.3 Å². The Hall–Kier alpha value is -1.84. The van der Waals surface area contributed by atoms with Crippen LogP contribution < -0.4 is 11.1 Å². The highest BCUT2D eigenvalue weighted by molar-refractivity contribution is 5.96. The van der Waals surface area contributed by atoms with Crippen LogP contribution in [0.25, 0.3) is 0 Å². The first-order chi connectivity index (χ1) is 7.66. The van der Waals surface area contributed by atoms with Crippen LogP contribution in [0.5, 0.6) is 0 Å². The number of nitrogen functional groups attached to an aromatic ring is 1. The summed E-state index contributed by atoms with van der Waals surface area (Å²) in [6, 6.07) is 1.88. The number of nitrogens with two attached hydrogens (primary N) is 1. The number of aromatic nitrogens is 1. The van der Waals surface area contributed by atoms with Gasteiger partial charge in [0, 0.05) is 6.04 Å². The molecule has 0 saturated heterocycles.